The largest absolute Gasteiger partial charge is 0.416 e. The highest BCUT2D eigenvalue weighted by molar-refractivity contribution is 7.26. The zero-order valence-corrected chi connectivity index (χ0v) is 26.2. The van der Waals surface area contributed by atoms with Gasteiger partial charge in [0.1, 0.15) is 4.83 Å². The van der Waals surface area contributed by atoms with Crippen molar-refractivity contribution in [1.82, 2.24) is 4.98 Å². The van der Waals surface area contributed by atoms with Crippen LogP contribution in [0.25, 0.3) is 75.6 Å². The Hall–Kier alpha value is -5.47. The van der Waals surface area contributed by atoms with Crippen LogP contribution in [0, 0.1) is 0 Å². The van der Waals surface area contributed by atoms with Gasteiger partial charge in [-0.05, 0) is 97.7 Å². The van der Waals surface area contributed by atoms with Crippen molar-refractivity contribution in [1.29, 1.82) is 0 Å². The van der Waals surface area contributed by atoms with Crippen molar-refractivity contribution in [2.75, 3.05) is 0 Å². The van der Waals surface area contributed by atoms with E-state index in [1.807, 2.05) is 36.5 Å². The van der Waals surface area contributed by atoms with Crippen LogP contribution in [0.2, 0.25) is 0 Å². The van der Waals surface area contributed by atoms with Crippen LogP contribution in [0.1, 0.15) is 11.1 Å². The number of alkyl halides is 6. The predicted molar refractivity (Wildman–Crippen MR) is 186 cm³/mol. The van der Waals surface area contributed by atoms with Gasteiger partial charge in [0.15, 0.2) is 0 Å². The van der Waals surface area contributed by atoms with Crippen LogP contribution < -0.4 is 0 Å². The summed E-state index contributed by atoms with van der Waals surface area (Å²) in [5, 5.41) is 4.40. The van der Waals surface area contributed by atoms with E-state index in [0.717, 1.165) is 60.9 Å². The molecule has 0 radical (unpaired) electrons. The van der Waals surface area contributed by atoms with Crippen molar-refractivity contribution < 1.29 is 26.3 Å². The lowest BCUT2D eigenvalue weighted by Gasteiger charge is -2.14. The monoisotopic (exact) mass is 675 g/mol. The molecule has 0 atom stereocenters. The second kappa shape index (κ2) is 11.6. The number of rotatable bonds is 4. The molecule has 0 aliphatic heterocycles. The van der Waals surface area contributed by atoms with Crippen LogP contribution in [0.5, 0.6) is 0 Å². The molecule has 0 bridgehead atoms. The maximum Gasteiger partial charge on any atom is 0.416 e. The van der Waals surface area contributed by atoms with Crippen LogP contribution in [-0.2, 0) is 12.4 Å². The van der Waals surface area contributed by atoms with Crippen molar-refractivity contribution in [2.24, 2.45) is 0 Å². The van der Waals surface area contributed by atoms with Crippen molar-refractivity contribution >= 4 is 42.4 Å². The topological polar surface area (TPSA) is 12.9 Å². The number of thiophene rings is 1. The number of benzene rings is 6. The van der Waals surface area contributed by atoms with Gasteiger partial charge in [0.25, 0.3) is 0 Å². The van der Waals surface area contributed by atoms with Gasteiger partial charge in [-0.3, -0.25) is 0 Å². The summed E-state index contributed by atoms with van der Waals surface area (Å²) >= 11 is 1.70. The molecule has 0 saturated carbocycles. The SMILES string of the molecule is FC(F)(F)c1cc(-c2ccc(-c3ccc4cc(-c5ccc(-c6cccc7c6sc6ncccc67)cc5)ccc4c3)cc2)cc(C(F)(F)F)c1. The molecule has 0 aliphatic rings. The summed E-state index contributed by atoms with van der Waals surface area (Å²) in [4.78, 5) is 5.57. The van der Waals surface area contributed by atoms with Crippen LogP contribution in [0.15, 0.2) is 140 Å². The lowest BCUT2D eigenvalue weighted by molar-refractivity contribution is -0.143. The molecule has 8 aromatic rings. The molecular weight excluding hydrogens is 653 g/mol. The molecule has 0 fully saturated rings. The average molecular weight is 676 g/mol. The van der Waals surface area contributed by atoms with Crippen LogP contribution in [0.3, 0.4) is 0 Å². The number of fused-ring (bicyclic) bond motifs is 4. The minimum absolute atomic E-state index is 0.138. The fourth-order valence-electron chi connectivity index (χ4n) is 6.28. The highest BCUT2D eigenvalue weighted by atomic mass is 32.1. The van der Waals surface area contributed by atoms with Gasteiger partial charge < -0.3 is 0 Å². The molecule has 8 heteroatoms. The minimum atomic E-state index is -4.91. The molecule has 6 aromatic carbocycles. The van der Waals surface area contributed by atoms with Gasteiger partial charge in [0, 0.05) is 21.7 Å². The van der Waals surface area contributed by atoms with E-state index in [1.54, 1.807) is 35.6 Å². The summed E-state index contributed by atoms with van der Waals surface area (Å²) in [6, 6.07) is 39.3. The molecule has 0 aliphatic carbocycles. The van der Waals surface area contributed by atoms with E-state index in [2.05, 4.69) is 65.6 Å². The van der Waals surface area contributed by atoms with E-state index in [0.29, 0.717) is 0 Å². The van der Waals surface area contributed by atoms with Gasteiger partial charge in [-0.2, -0.15) is 26.3 Å². The summed E-state index contributed by atoms with van der Waals surface area (Å²) in [5.74, 6) is 0. The molecule has 0 spiro atoms. The average Bonchev–Trinajstić information content (AvgIpc) is 3.49. The zero-order chi connectivity index (χ0) is 33.9. The molecule has 2 aromatic heterocycles. The molecule has 0 amide bonds. The zero-order valence-electron chi connectivity index (χ0n) is 25.4. The second-order valence-corrected chi connectivity index (χ2v) is 12.9. The number of hydrogen-bond acceptors (Lipinski definition) is 2. The molecule has 1 nitrogen and oxygen atoms in total. The summed E-state index contributed by atoms with van der Waals surface area (Å²) in [7, 11) is 0. The number of hydrogen-bond donors (Lipinski definition) is 0. The normalized spacial score (nSPS) is 12.3. The van der Waals surface area contributed by atoms with E-state index in [9.17, 15) is 26.3 Å². The third-order valence-corrected chi connectivity index (χ3v) is 9.95. The summed E-state index contributed by atoms with van der Waals surface area (Å²) in [5.41, 5.74) is 3.55. The number of halogens is 6. The Balaban J connectivity index is 1.06. The first-order valence-corrected chi connectivity index (χ1v) is 16.1. The molecule has 2 heterocycles. The number of pyridine rings is 1. The Morgan fingerprint density at radius 2 is 0.918 bits per heavy atom. The van der Waals surface area contributed by atoms with Crippen LogP contribution in [-0.4, -0.2) is 4.98 Å². The van der Waals surface area contributed by atoms with E-state index in [4.69, 9.17) is 0 Å². The third kappa shape index (κ3) is 5.82. The fraction of sp³-hybridized carbons (Fsp3) is 0.0488. The molecule has 240 valence electrons. The summed E-state index contributed by atoms with van der Waals surface area (Å²) in [6.45, 7) is 0. The maximum atomic E-state index is 13.4. The van der Waals surface area contributed by atoms with Crippen molar-refractivity contribution in [3.8, 4) is 44.5 Å². The van der Waals surface area contributed by atoms with E-state index in [-0.39, 0.29) is 17.2 Å². The first-order valence-electron chi connectivity index (χ1n) is 15.3. The minimum Gasteiger partial charge on any atom is -0.245 e. The highest BCUT2D eigenvalue weighted by Crippen LogP contribution is 2.41. The molecule has 8 rings (SSSR count). The van der Waals surface area contributed by atoms with Crippen LogP contribution in [0.4, 0.5) is 26.3 Å². The molecule has 49 heavy (non-hydrogen) atoms. The standard InChI is InChI=1S/C41H23F6NS/c42-40(43,44)33-21-32(22-34(23-33)41(45,46)47)26-8-6-24(7-9-26)28-14-16-31-20-29(15-17-30(31)19-28)25-10-12-27(13-11-25)35-3-1-4-36-37-5-2-18-48-39(37)49-38(35)36/h1-23H. The Labute approximate surface area is 280 Å². The first-order chi connectivity index (χ1) is 23.5. The van der Waals surface area contributed by atoms with Gasteiger partial charge in [0.2, 0.25) is 0 Å². The lowest BCUT2D eigenvalue weighted by Crippen LogP contribution is -2.11. The second-order valence-electron chi connectivity index (χ2n) is 11.9. The third-order valence-electron chi connectivity index (χ3n) is 8.78. The quantitative estimate of drug-likeness (QED) is 0.169. The fourth-order valence-corrected chi connectivity index (χ4v) is 7.46. The predicted octanol–water partition coefficient (Wildman–Crippen LogP) is 13.3. The Morgan fingerprint density at radius 1 is 0.429 bits per heavy atom. The highest BCUT2D eigenvalue weighted by Gasteiger charge is 2.37. The van der Waals surface area contributed by atoms with Gasteiger partial charge >= 0.3 is 12.4 Å². The van der Waals surface area contributed by atoms with Gasteiger partial charge in [0.05, 0.1) is 11.1 Å². The van der Waals surface area contributed by atoms with Crippen molar-refractivity contribution in [3.63, 3.8) is 0 Å². The molecule has 0 N–H and O–H groups in total. The maximum absolute atomic E-state index is 13.4. The lowest BCUT2D eigenvalue weighted by atomic mass is 9.95. The smallest absolute Gasteiger partial charge is 0.245 e. The first kappa shape index (κ1) is 30.8. The van der Waals surface area contributed by atoms with Crippen LogP contribution >= 0.6 is 11.3 Å². The van der Waals surface area contributed by atoms with E-state index >= 15 is 0 Å². The van der Waals surface area contributed by atoms with E-state index in [1.165, 1.54) is 15.6 Å². The Morgan fingerprint density at radius 3 is 1.47 bits per heavy atom. The molecule has 0 unspecified atom stereocenters. The van der Waals surface area contributed by atoms with Gasteiger partial charge in [-0.25, -0.2) is 4.98 Å². The Kier molecular flexibility index (Phi) is 7.30. The number of aromatic nitrogens is 1. The van der Waals surface area contributed by atoms with Crippen molar-refractivity contribution in [2.45, 2.75) is 12.4 Å². The Bertz CT molecular complexity index is 2480. The van der Waals surface area contributed by atoms with E-state index < -0.39 is 23.5 Å². The molecule has 0 saturated heterocycles. The van der Waals surface area contributed by atoms with Crippen molar-refractivity contribution in [3.05, 3.63) is 151 Å². The number of nitrogens with zero attached hydrogens (tertiary/aromatic N) is 1. The van der Waals surface area contributed by atoms with Gasteiger partial charge in [-0.1, -0.05) is 91.0 Å². The summed E-state index contributed by atoms with van der Waals surface area (Å²) in [6.07, 6.45) is -7.99. The van der Waals surface area contributed by atoms with Gasteiger partial charge in [-0.15, -0.1) is 11.3 Å². The summed E-state index contributed by atoms with van der Waals surface area (Å²) < 4.78 is 81.5. The molecular formula is C41H23F6NS.